The van der Waals surface area contributed by atoms with Gasteiger partial charge in [-0.3, -0.25) is 9.59 Å². The van der Waals surface area contributed by atoms with Gasteiger partial charge in [0.15, 0.2) is 0 Å². The third-order valence-electron chi connectivity index (χ3n) is 5.71. The van der Waals surface area contributed by atoms with Crippen molar-refractivity contribution < 1.29 is 37.4 Å². The molecular weight excluding hydrogens is 505 g/mol. The summed E-state index contributed by atoms with van der Waals surface area (Å²) in [4.78, 5) is 40.6. The van der Waals surface area contributed by atoms with Gasteiger partial charge < -0.3 is 29.9 Å². The predicted octanol–water partition coefficient (Wildman–Crippen LogP) is 2.86. The molecule has 0 bridgehead atoms. The zero-order valence-corrected chi connectivity index (χ0v) is 21.6. The molecule has 2 aromatic rings. The first-order valence-electron chi connectivity index (χ1n) is 11.9. The molecule has 0 saturated carbocycles. The van der Waals surface area contributed by atoms with Gasteiger partial charge in [-0.15, -0.1) is 0 Å². The first-order chi connectivity index (χ1) is 17.9. The fourth-order valence-electron chi connectivity index (χ4n) is 3.65. The lowest BCUT2D eigenvalue weighted by atomic mass is 10.1. The predicted molar refractivity (Wildman–Crippen MR) is 136 cm³/mol. The fraction of sp³-hybridized carbons (Fsp3) is 0.423. The van der Waals surface area contributed by atoms with Gasteiger partial charge in [-0.1, -0.05) is 18.2 Å². The van der Waals surface area contributed by atoms with Crippen LogP contribution >= 0.6 is 0 Å². The van der Waals surface area contributed by atoms with E-state index in [9.17, 15) is 22.8 Å². The summed E-state index contributed by atoms with van der Waals surface area (Å²) in [5, 5.41) is 10.4. The molecule has 0 spiro atoms. The lowest BCUT2D eigenvalue weighted by Crippen LogP contribution is -2.47. The average molecular weight is 539 g/mol. The second-order valence-electron chi connectivity index (χ2n) is 8.71. The van der Waals surface area contributed by atoms with Crippen LogP contribution in [0.15, 0.2) is 48.5 Å². The number of carbonyl (C=O) groups is 3. The first kappa shape index (κ1) is 30.4. The van der Waals surface area contributed by atoms with Crippen LogP contribution in [0.2, 0.25) is 0 Å². The highest BCUT2D eigenvalue weighted by atomic mass is 19.4. The molecule has 2 aromatic carbocycles. The second-order valence-corrected chi connectivity index (χ2v) is 8.71. The van der Waals surface area contributed by atoms with Crippen molar-refractivity contribution in [2.24, 2.45) is 0 Å². The van der Waals surface area contributed by atoms with Gasteiger partial charge in [-0.2, -0.15) is 13.2 Å². The van der Waals surface area contributed by atoms with E-state index in [1.54, 1.807) is 12.0 Å². The van der Waals surface area contributed by atoms with E-state index >= 15 is 0 Å². The van der Waals surface area contributed by atoms with Crippen LogP contribution in [0.1, 0.15) is 22.3 Å². The molecule has 0 unspecified atom stereocenters. The highest BCUT2D eigenvalue weighted by Gasteiger charge is 2.38. The van der Waals surface area contributed by atoms with Crippen molar-refractivity contribution in [1.29, 1.82) is 0 Å². The minimum absolute atomic E-state index is 0.0837. The SMILES string of the molecule is COc1cccc(CN(CCC(=O)N2CCNCC2)C(=O)c2cccc(N(C)C)c2)c1.O=C(O)C(F)(F)F. The Bertz CT molecular complexity index is 1090. The monoisotopic (exact) mass is 538 g/mol. The Morgan fingerprint density at radius 3 is 2.26 bits per heavy atom. The molecule has 1 fully saturated rings. The maximum Gasteiger partial charge on any atom is 0.490 e. The summed E-state index contributed by atoms with van der Waals surface area (Å²) in [6.07, 6.45) is -4.77. The zero-order valence-electron chi connectivity index (χ0n) is 21.6. The maximum absolute atomic E-state index is 13.4. The number of halogens is 3. The molecule has 9 nitrogen and oxygen atoms in total. The number of aliphatic carboxylic acids is 1. The summed E-state index contributed by atoms with van der Waals surface area (Å²) in [5.41, 5.74) is 2.54. The number of carboxylic acid groups (broad SMARTS) is 1. The van der Waals surface area contributed by atoms with Crippen molar-refractivity contribution >= 4 is 23.5 Å². The van der Waals surface area contributed by atoms with Gasteiger partial charge in [0.2, 0.25) is 5.91 Å². The number of benzene rings is 2. The first-order valence-corrected chi connectivity index (χ1v) is 11.9. The molecule has 3 rings (SSSR count). The number of nitrogens with zero attached hydrogens (tertiary/aromatic N) is 3. The largest absolute Gasteiger partial charge is 0.497 e. The fourth-order valence-corrected chi connectivity index (χ4v) is 3.65. The quantitative estimate of drug-likeness (QED) is 0.533. The van der Waals surface area contributed by atoms with Crippen molar-refractivity contribution in [1.82, 2.24) is 15.1 Å². The van der Waals surface area contributed by atoms with Crippen molar-refractivity contribution in [3.05, 3.63) is 59.7 Å². The lowest BCUT2D eigenvalue weighted by Gasteiger charge is -2.29. The number of carboxylic acids is 1. The third-order valence-corrected chi connectivity index (χ3v) is 5.71. The summed E-state index contributed by atoms with van der Waals surface area (Å²) >= 11 is 0. The third kappa shape index (κ3) is 9.58. The van der Waals surface area contributed by atoms with Crippen LogP contribution in [0.3, 0.4) is 0 Å². The van der Waals surface area contributed by atoms with E-state index in [1.165, 1.54) is 0 Å². The number of anilines is 1. The summed E-state index contributed by atoms with van der Waals surface area (Å²) < 4.78 is 37.1. The molecule has 208 valence electrons. The molecule has 1 heterocycles. The van der Waals surface area contributed by atoms with Crippen LogP contribution in [0.25, 0.3) is 0 Å². The Labute approximate surface area is 219 Å². The Morgan fingerprint density at radius 2 is 1.68 bits per heavy atom. The molecule has 2 N–H and O–H groups in total. The van der Waals surface area contributed by atoms with Crippen molar-refractivity contribution in [3.8, 4) is 5.75 Å². The topological polar surface area (TPSA) is 102 Å². The number of hydrogen-bond donors (Lipinski definition) is 2. The molecule has 0 radical (unpaired) electrons. The number of hydrogen-bond acceptors (Lipinski definition) is 6. The Kier molecular flexibility index (Phi) is 11.4. The lowest BCUT2D eigenvalue weighted by molar-refractivity contribution is -0.192. The molecule has 0 atom stereocenters. The van der Waals surface area contributed by atoms with Crippen molar-refractivity contribution in [3.63, 3.8) is 0 Å². The van der Waals surface area contributed by atoms with Crippen LogP contribution in [0.5, 0.6) is 5.75 Å². The molecule has 2 amide bonds. The van der Waals surface area contributed by atoms with Gasteiger partial charge in [-0.25, -0.2) is 4.79 Å². The normalized spacial score (nSPS) is 13.2. The number of carbonyl (C=O) groups excluding carboxylic acids is 2. The molecule has 0 aliphatic carbocycles. The number of nitrogens with one attached hydrogen (secondary N) is 1. The van der Waals surface area contributed by atoms with Gasteiger partial charge in [-0.05, 0) is 35.9 Å². The minimum Gasteiger partial charge on any atom is -0.497 e. The number of alkyl halides is 3. The molecule has 38 heavy (non-hydrogen) atoms. The Morgan fingerprint density at radius 1 is 1.05 bits per heavy atom. The number of ether oxygens (including phenoxy) is 1. The van der Waals surface area contributed by atoms with Gasteiger partial charge in [0.05, 0.1) is 7.11 Å². The van der Waals surface area contributed by atoms with Gasteiger partial charge in [0, 0.05) is 71.0 Å². The molecule has 0 aromatic heterocycles. The highest BCUT2D eigenvalue weighted by Crippen LogP contribution is 2.19. The van der Waals surface area contributed by atoms with Crippen molar-refractivity contribution in [2.75, 3.05) is 58.8 Å². The summed E-state index contributed by atoms with van der Waals surface area (Å²) in [5.74, 6) is -2.00. The smallest absolute Gasteiger partial charge is 0.490 e. The van der Waals surface area contributed by atoms with Gasteiger partial charge >= 0.3 is 12.1 Å². The second kappa shape index (κ2) is 14.2. The maximum atomic E-state index is 13.4. The molecule has 1 saturated heterocycles. The number of piperazine rings is 1. The van der Waals surface area contributed by atoms with E-state index < -0.39 is 12.1 Å². The summed E-state index contributed by atoms with van der Waals surface area (Å²) in [6, 6.07) is 15.3. The molecule has 12 heteroatoms. The van der Waals surface area contributed by atoms with E-state index in [0.717, 1.165) is 30.1 Å². The van der Waals surface area contributed by atoms with Gasteiger partial charge in [0.25, 0.3) is 5.91 Å². The zero-order chi connectivity index (χ0) is 28.3. The summed E-state index contributed by atoms with van der Waals surface area (Å²) in [7, 11) is 5.52. The van der Waals surface area contributed by atoms with Crippen molar-refractivity contribution in [2.45, 2.75) is 19.1 Å². The van der Waals surface area contributed by atoms with Crippen LogP contribution in [0.4, 0.5) is 18.9 Å². The summed E-state index contributed by atoms with van der Waals surface area (Å²) in [6.45, 7) is 3.84. The minimum atomic E-state index is -5.08. The number of methoxy groups -OCH3 is 1. The number of amides is 2. The van der Waals surface area contributed by atoms with Gasteiger partial charge in [0.1, 0.15) is 5.75 Å². The molecule has 1 aliphatic rings. The highest BCUT2D eigenvalue weighted by molar-refractivity contribution is 5.95. The van der Waals surface area contributed by atoms with E-state index in [1.807, 2.05) is 72.4 Å². The van der Waals surface area contributed by atoms with E-state index in [-0.39, 0.29) is 11.8 Å². The van der Waals surface area contributed by atoms with Crippen LogP contribution in [-0.2, 0) is 16.1 Å². The molecule has 1 aliphatic heterocycles. The molecular formula is C26H33F3N4O5. The van der Waals surface area contributed by atoms with Crippen LogP contribution in [0, 0.1) is 0 Å². The van der Waals surface area contributed by atoms with E-state index in [0.29, 0.717) is 38.2 Å². The standard InChI is InChI=1S/C24H32N4O3.C2HF3O2/c1-26(2)21-8-5-7-20(17-21)24(30)28(18-19-6-4-9-22(16-19)31-3)13-10-23(29)27-14-11-25-12-15-27;3-2(4,5)1(6)7/h4-9,16-17,25H,10-15,18H2,1-3H3;(H,6,7). The van der Waals surface area contributed by atoms with E-state index in [4.69, 9.17) is 14.6 Å². The number of rotatable bonds is 8. The van der Waals surface area contributed by atoms with Crippen LogP contribution < -0.4 is 15.0 Å². The Hall–Kier alpha value is -3.80. The van der Waals surface area contributed by atoms with E-state index in [2.05, 4.69) is 5.32 Å². The van der Waals surface area contributed by atoms with Crippen LogP contribution in [-0.4, -0.2) is 92.8 Å². The average Bonchev–Trinajstić information content (AvgIpc) is 2.90. The Balaban J connectivity index is 0.000000638.